The molecule has 1 saturated heterocycles. The Kier molecular flexibility index (Phi) is 6.57. The van der Waals surface area contributed by atoms with Crippen molar-refractivity contribution in [3.8, 4) is 5.75 Å². The summed E-state index contributed by atoms with van der Waals surface area (Å²) in [6.45, 7) is 4.01. The van der Waals surface area contributed by atoms with Crippen LogP contribution in [0.5, 0.6) is 5.75 Å². The molecule has 0 radical (unpaired) electrons. The van der Waals surface area contributed by atoms with E-state index >= 15 is 0 Å². The van der Waals surface area contributed by atoms with Gasteiger partial charge >= 0.3 is 5.97 Å². The fraction of sp³-hybridized carbons (Fsp3) is 0.0500. The van der Waals surface area contributed by atoms with Crippen molar-refractivity contribution < 1.29 is 14.3 Å². The summed E-state index contributed by atoms with van der Waals surface area (Å²) < 4.78 is 5.84. The summed E-state index contributed by atoms with van der Waals surface area (Å²) in [7, 11) is 0. The molecule has 0 aromatic heterocycles. The van der Waals surface area contributed by atoms with Crippen molar-refractivity contribution in [2.75, 3.05) is 6.54 Å². The second-order valence-electron chi connectivity index (χ2n) is 5.66. The number of ether oxygens (including phenoxy) is 1. The maximum absolute atomic E-state index is 12.3. The van der Waals surface area contributed by atoms with Gasteiger partial charge in [0.2, 0.25) is 0 Å². The topological polar surface area (TPSA) is 46.6 Å². The predicted octanol–water partition coefficient (Wildman–Crippen LogP) is 5.60. The largest absolute Gasteiger partial charge is 0.423 e. The van der Waals surface area contributed by atoms with Crippen LogP contribution < -0.4 is 4.74 Å². The van der Waals surface area contributed by atoms with Crippen LogP contribution in [0.3, 0.4) is 0 Å². The summed E-state index contributed by atoms with van der Waals surface area (Å²) in [6, 6.07) is 11.3. The van der Waals surface area contributed by atoms with E-state index in [2.05, 4.69) is 6.58 Å². The van der Waals surface area contributed by atoms with Gasteiger partial charge in [-0.15, -0.1) is 6.58 Å². The van der Waals surface area contributed by atoms with Crippen molar-refractivity contribution in [3.05, 3.63) is 81.2 Å². The van der Waals surface area contributed by atoms with E-state index in [4.69, 9.17) is 40.2 Å². The number of thiocarbonyl (C=S) groups is 1. The minimum absolute atomic E-state index is 0.150. The van der Waals surface area contributed by atoms with Gasteiger partial charge in [-0.2, -0.15) is 0 Å². The van der Waals surface area contributed by atoms with E-state index < -0.39 is 5.97 Å². The molecule has 1 aliphatic heterocycles. The first-order valence-electron chi connectivity index (χ1n) is 8.02. The molecular weight excluding hydrogens is 437 g/mol. The molecule has 4 nitrogen and oxygen atoms in total. The zero-order valence-corrected chi connectivity index (χ0v) is 17.5. The average molecular weight is 450 g/mol. The first kappa shape index (κ1) is 20.6. The molecule has 0 saturated carbocycles. The third-order valence-electron chi connectivity index (χ3n) is 3.72. The van der Waals surface area contributed by atoms with Crippen molar-refractivity contribution >= 4 is 69.5 Å². The smallest absolute Gasteiger partial charge is 0.345 e. The van der Waals surface area contributed by atoms with Gasteiger partial charge in [0.15, 0.2) is 0 Å². The second-order valence-corrected chi connectivity index (χ2v) is 8.18. The third kappa shape index (κ3) is 4.64. The Morgan fingerprint density at radius 3 is 2.57 bits per heavy atom. The number of amides is 1. The number of rotatable bonds is 5. The Labute approximate surface area is 181 Å². The monoisotopic (exact) mass is 449 g/mol. The first-order valence-corrected chi connectivity index (χ1v) is 10.0. The molecule has 1 fully saturated rings. The maximum atomic E-state index is 12.3. The van der Waals surface area contributed by atoms with Crippen LogP contribution in [-0.4, -0.2) is 27.6 Å². The molecule has 2 aromatic carbocycles. The standard InChI is InChI=1S/C20H13Cl2NO3S2/c1-2-9-23-18(24)17(28-20(23)27)10-12-3-6-14(7-4-12)26-19(25)15-8-5-13(21)11-16(15)22/h2-8,10-11H,1,9H2/b17-10+. The molecule has 0 unspecified atom stereocenters. The van der Waals surface area contributed by atoms with Gasteiger partial charge in [-0.3, -0.25) is 9.69 Å². The Balaban J connectivity index is 1.72. The number of halogens is 2. The fourth-order valence-corrected chi connectivity index (χ4v) is 4.15. The highest BCUT2D eigenvalue weighted by Gasteiger charge is 2.30. The number of hydrogen-bond donors (Lipinski definition) is 0. The SMILES string of the molecule is C=CCN1C(=O)/C(=C\c2ccc(OC(=O)c3ccc(Cl)cc3Cl)cc2)SC1=S. The predicted molar refractivity (Wildman–Crippen MR) is 118 cm³/mol. The van der Waals surface area contributed by atoms with E-state index in [1.807, 2.05) is 0 Å². The van der Waals surface area contributed by atoms with Gasteiger partial charge in [0.05, 0.1) is 15.5 Å². The van der Waals surface area contributed by atoms with Gasteiger partial charge in [0.25, 0.3) is 5.91 Å². The number of carbonyl (C=O) groups excluding carboxylic acids is 2. The van der Waals surface area contributed by atoms with Crippen molar-refractivity contribution in [2.45, 2.75) is 0 Å². The zero-order chi connectivity index (χ0) is 20.3. The summed E-state index contributed by atoms with van der Waals surface area (Å²) in [5, 5.41) is 0.653. The van der Waals surface area contributed by atoms with Crippen molar-refractivity contribution in [1.82, 2.24) is 4.90 Å². The molecule has 0 spiro atoms. The molecule has 1 aliphatic rings. The van der Waals surface area contributed by atoms with Crippen LogP contribution in [0.15, 0.2) is 60.0 Å². The lowest BCUT2D eigenvalue weighted by molar-refractivity contribution is -0.121. The van der Waals surface area contributed by atoms with E-state index in [1.54, 1.807) is 42.5 Å². The quantitative estimate of drug-likeness (QED) is 0.195. The average Bonchev–Trinajstić information content (AvgIpc) is 2.91. The van der Waals surface area contributed by atoms with Crippen molar-refractivity contribution in [2.24, 2.45) is 0 Å². The normalized spacial score (nSPS) is 15.2. The summed E-state index contributed by atoms with van der Waals surface area (Å²) in [5.41, 5.74) is 1.00. The summed E-state index contributed by atoms with van der Waals surface area (Å²) in [5.74, 6) is -0.380. The van der Waals surface area contributed by atoms with E-state index in [0.29, 0.717) is 26.5 Å². The van der Waals surface area contributed by atoms with Gasteiger partial charge in [-0.25, -0.2) is 4.79 Å². The number of benzene rings is 2. The Hall–Kier alpha value is -2.12. The summed E-state index contributed by atoms with van der Waals surface area (Å²) in [6.07, 6.45) is 3.37. The lowest BCUT2D eigenvalue weighted by Crippen LogP contribution is -2.27. The molecule has 0 aliphatic carbocycles. The lowest BCUT2D eigenvalue weighted by Gasteiger charge is -2.10. The van der Waals surface area contributed by atoms with Gasteiger partial charge in [-0.05, 0) is 42.0 Å². The summed E-state index contributed by atoms with van der Waals surface area (Å²) >= 11 is 18.3. The van der Waals surface area contributed by atoms with E-state index in [9.17, 15) is 9.59 Å². The number of nitrogens with zero attached hydrogens (tertiary/aromatic N) is 1. The molecule has 0 N–H and O–H groups in total. The Morgan fingerprint density at radius 1 is 1.21 bits per heavy atom. The van der Waals surface area contributed by atoms with Gasteiger partial charge in [-0.1, -0.05) is 65.4 Å². The summed E-state index contributed by atoms with van der Waals surface area (Å²) in [4.78, 5) is 26.6. The van der Waals surface area contributed by atoms with Crippen LogP contribution in [-0.2, 0) is 4.79 Å². The van der Waals surface area contributed by atoms with E-state index in [0.717, 1.165) is 5.56 Å². The first-order chi connectivity index (χ1) is 13.4. The molecule has 0 bridgehead atoms. The molecule has 1 heterocycles. The molecular formula is C20H13Cl2NO3S2. The lowest BCUT2D eigenvalue weighted by atomic mass is 10.2. The number of carbonyl (C=O) groups is 2. The van der Waals surface area contributed by atoms with E-state index in [1.165, 1.54) is 28.8 Å². The van der Waals surface area contributed by atoms with E-state index in [-0.39, 0.29) is 16.5 Å². The van der Waals surface area contributed by atoms with Crippen LogP contribution in [0, 0.1) is 0 Å². The van der Waals surface area contributed by atoms with Gasteiger partial charge in [0, 0.05) is 11.6 Å². The number of hydrogen-bond acceptors (Lipinski definition) is 5. The highest BCUT2D eigenvalue weighted by atomic mass is 35.5. The zero-order valence-electron chi connectivity index (χ0n) is 14.4. The minimum Gasteiger partial charge on any atom is -0.423 e. The van der Waals surface area contributed by atoms with Crippen LogP contribution in [0.1, 0.15) is 15.9 Å². The number of thioether (sulfide) groups is 1. The van der Waals surface area contributed by atoms with Crippen LogP contribution in [0.25, 0.3) is 6.08 Å². The molecule has 1 amide bonds. The third-order valence-corrected chi connectivity index (χ3v) is 5.65. The minimum atomic E-state index is -0.584. The number of esters is 1. The molecule has 28 heavy (non-hydrogen) atoms. The highest BCUT2D eigenvalue weighted by Crippen LogP contribution is 2.32. The highest BCUT2D eigenvalue weighted by molar-refractivity contribution is 8.26. The molecule has 3 rings (SSSR count). The van der Waals surface area contributed by atoms with Crippen LogP contribution >= 0.6 is 47.2 Å². The Morgan fingerprint density at radius 2 is 1.93 bits per heavy atom. The molecule has 0 atom stereocenters. The second kappa shape index (κ2) is 8.92. The van der Waals surface area contributed by atoms with Crippen LogP contribution in [0.2, 0.25) is 10.0 Å². The van der Waals surface area contributed by atoms with Crippen LogP contribution in [0.4, 0.5) is 0 Å². The maximum Gasteiger partial charge on any atom is 0.345 e. The molecule has 8 heteroatoms. The van der Waals surface area contributed by atoms with Gasteiger partial charge in [0.1, 0.15) is 10.1 Å². The Bertz CT molecular complexity index is 1000. The van der Waals surface area contributed by atoms with Crippen molar-refractivity contribution in [1.29, 1.82) is 0 Å². The molecule has 142 valence electrons. The fourth-order valence-electron chi connectivity index (χ4n) is 2.39. The molecule has 2 aromatic rings. The van der Waals surface area contributed by atoms with Crippen molar-refractivity contribution in [3.63, 3.8) is 0 Å². The van der Waals surface area contributed by atoms with Gasteiger partial charge < -0.3 is 4.74 Å².